The molecule has 3 rings (SSSR count). The normalized spacial score (nSPS) is 43.9. The zero-order chi connectivity index (χ0) is 11.8. The van der Waals surface area contributed by atoms with Crippen LogP contribution in [0.2, 0.25) is 0 Å². The molecule has 3 heteroatoms. The Morgan fingerprint density at radius 2 is 1.88 bits per heavy atom. The highest BCUT2D eigenvalue weighted by molar-refractivity contribution is 5.80. The van der Waals surface area contributed by atoms with Gasteiger partial charge in [-0.25, -0.2) is 0 Å². The summed E-state index contributed by atoms with van der Waals surface area (Å²) in [4.78, 5) is 12.2. The molecule has 3 unspecified atom stereocenters. The predicted octanol–water partition coefficient (Wildman–Crippen LogP) is 1.62. The van der Waals surface area contributed by atoms with E-state index in [9.17, 15) is 9.90 Å². The third-order valence-electron chi connectivity index (χ3n) is 4.66. The highest BCUT2D eigenvalue weighted by atomic mass is 16.3. The van der Waals surface area contributed by atoms with Gasteiger partial charge in [0, 0.05) is 12.0 Å². The van der Waals surface area contributed by atoms with Gasteiger partial charge in [0.05, 0.1) is 6.10 Å². The van der Waals surface area contributed by atoms with Crippen molar-refractivity contribution >= 4 is 5.91 Å². The van der Waals surface area contributed by atoms with Gasteiger partial charge in [-0.2, -0.15) is 0 Å². The zero-order valence-corrected chi connectivity index (χ0v) is 10.1. The molecule has 2 saturated carbocycles. The fraction of sp³-hybridized carbons (Fsp3) is 0.786. The molecule has 0 radical (unpaired) electrons. The minimum atomic E-state index is -0.145. The summed E-state index contributed by atoms with van der Waals surface area (Å²) < 4.78 is 0. The summed E-state index contributed by atoms with van der Waals surface area (Å²) in [5, 5.41) is 12.6. The fourth-order valence-corrected chi connectivity index (χ4v) is 3.61. The summed E-state index contributed by atoms with van der Waals surface area (Å²) in [6, 6.07) is 0.300. The second-order valence-electron chi connectivity index (χ2n) is 5.90. The van der Waals surface area contributed by atoms with Gasteiger partial charge in [0.25, 0.3) is 0 Å². The van der Waals surface area contributed by atoms with E-state index in [4.69, 9.17) is 0 Å². The van der Waals surface area contributed by atoms with Crippen molar-refractivity contribution in [3.8, 4) is 0 Å². The number of hydrogen-bond donors (Lipinski definition) is 2. The molecule has 94 valence electrons. The number of hydrogen-bond acceptors (Lipinski definition) is 2. The van der Waals surface area contributed by atoms with Crippen LogP contribution in [0.25, 0.3) is 0 Å². The van der Waals surface area contributed by atoms with Gasteiger partial charge >= 0.3 is 0 Å². The van der Waals surface area contributed by atoms with Crippen molar-refractivity contribution in [3.63, 3.8) is 0 Å². The van der Waals surface area contributed by atoms with E-state index >= 15 is 0 Å². The maximum absolute atomic E-state index is 12.2. The maximum Gasteiger partial charge on any atom is 0.223 e. The largest absolute Gasteiger partial charge is 0.393 e. The first kappa shape index (κ1) is 11.3. The summed E-state index contributed by atoms with van der Waals surface area (Å²) in [7, 11) is 0. The van der Waals surface area contributed by atoms with E-state index in [0.717, 1.165) is 32.1 Å². The maximum atomic E-state index is 12.2. The number of aliphatic hydroxyl groups is 1. The van der Waals surface area contributed by atoms with E-state index in [0.29, 0.717) is 17.9 Å². The summed E-state index contributed by atoms with van der Waals surface area (Å²) in [6.45, 7) is 0. The molecular formula is C14H21NO2. The molecule has 3 nitrogen and oxygen atoms in total. The third kappa shape index (κ3) is 2.25. The van der Waals surface area contributed by atoms with Gasteiger partial charge in [-0.3, -0.25) is 4.79 Å². The van der Waals surface area contributed by atoms with E-state index in [1.54, 1.807) is 0 Å². The molecule has 3 atom stereocenters. The molecule has 0 saturated heterocycles. The van der Waals surface area contributed by atoms with Crippen molar-refractivity contribution in [2.75, 3.05) is 0 Å². The lowest BCUT2D eigenvalue weighted by Crippen LogP contribution is -2.42. The van der Waals surface area contributed by atoms with E-state index in [-0.39, 0.29) is 17.9 Å². The number of carbonyl (C=O) groups is 1. The van der Waals surface area contributed by atoms with Crippen molar-refractivity contribution in [2.24, 2.45) is 17.8 Å². The lowest BCUT2D eigenvalue weighted by Gasteiger charge is -2.28. The number of aliphatic hydroxyl groups excluding tert-OH is 1. The Bertz CT molecular complexity index is 331. The van der Waals surface area contributed by atoms with Crippen LogP contribution >= 0.6 is 0 Å². The van der Waals surface area contributed by atoms with Gasteiger partial charge in [-0.15, -0.1) is 0 Å². The Hall–Kier alpha value is -0.830. The van der Waals surface area contributed by atoms with Gasteiger partial charge < -0.3 is 10.4 Å². The van der Waals surface area contributed by atoms with Crippen molar-refractivity contribution in [2.45, 2.75) is 50.7 Å². The second kappa shape index (κ2) is 4.45. The minimum absolute atomic E-state index is 0.145. The number of allylic oxidation sites excluding steroid dienone is 2. The number of nitrogens with one attached hydrogen (secondary N) is 1. The molecule has 0 aromatic carbocycles. The first-order valence-corrected chi connectivity index (χ1v) is 6.89. The molecule has 3 aliphatic rings. The second-order valence-corrected chi connectivity index (χ2v) is 5.90. The first-order valence-electron chi connectivity index (χ1n) is 6.89. The third-order valence-corrected chi connectivity index (χ3v) is 4.66. The standard InChI is InChI=1S/C14H21NO2/c16-12-5-3-11(4-6-12)15-14(17)13-8-9-1-2-10(13)7-9/h1-2,9-13,16H,3-8H2,(H,15,17). The molecular weight excluding hydrogens is 214 g/mol. The molecule has 2 fully saturated rings. The van der Waals surface area contributed by atoms with Gasteiger partial charge in [-0.05, 0) is 50.4 Å². The Labute approximate surface area is 102 Å². The average Bonchev–Trinajstić information content (AvgIpc) is 2.94. The van der Waals surface area contributed by atoms with E-state index in [1.165, 1.54) is 6.42 Å². The molecule has 0 aliphatic heterocycles. The van der Waals surface area contributed by atoms with Crippen LogP contribution in [0.5, 0.6) is 0 Å². The molecule has 0 heterocycles. The van der Waals surface area contributed by atoms with E-state index in [2.05, 4.69) is 17.5 Å². The van der Waals surface area contributed by atoms with Crippen LogP contribution in [0.1, 0.15) is 38.5 Å². The van der Waals surface area contributed by atoms with Gasteiger partial charge in [0.15, 0.2) is 0 Å². The van der Waals surface area contributed by atoms with Crippen LogP contribution < -0.4 is 5.32 Å². The number of rotatable bonds is 2. The van der Waals surface area contributed by atoms with Crippen LogP contribution in [-0.4, -0.2) is 23.2 Å². The van der Waals surface area contributed by atoms with Crippen LogP contribution in [0, 0.1) is 17.8 Å². The molecule has 0 aromatic heterocycles. The predicted molar refractivity (Wildman–Crippen MR) is 65.2 cm³/mol. The lowest BCUT2D eigenvalue weighted by atomic mass is 9.90. The Kier molecular flexibility index (Phi) is 2.95. The molecule has 2 N–H and O–H groups in total. The average molecular weight is 235 g/mol. The van der Waals surface area contributed by atoms with Crippen molar-refractivity contribution in [3.05, 3.63) is 12.2 Å². The van der Waals surface area contributed by atoms with Gasteiger partial charge in [0.2, 0.25) is 5.91 Å². The molecule has 2 bridgehead atoms. The van der Waals surface area contributed by atoms with Crippen molar-refractivity contribution < 1.29 is 9.90 Å². The smallest absolute Gasteiger partial charge is 0.223 e. The van der Waals surface area contributed by atoms with Crippen LogP contribution in [0.3, 0.4) is 0 Å². The van der Waals surface area contributed by atoms with Gasteiger partial charge in [-0.1, -0.05) is 12.2 Å². The quantitative estimate of drug-likeness (QED) is 0.715. The highest BCUT2D eigenvalue weighted by Crippen LogP contribution is 2.43. The number of carbonyl (C=O) groups excluding carboxylic acids is 1. The summed E-state index contributed by atoms with van der Waals surface area (Å²) in [5.41, 5.74) is 0. The van der Waals surface area contributed by atoms with Gasteiger partial charge in [0.1, 0.15) is 0 Å². The summed E-state index contributed by atoms with van der Waals surface area (Å²) in [6.07, 6.45) is 10.1. The Balaban J connectivity index is 1.52. The first-order chi connectivity index (χ1) is 8.22. The van der Waals surface area contributed by atoms with E-state index in [1.807, 2.05) is 0 Å². The summed E-state index contributed by atoms with van der Waals surface area (Å²) >= 11 is 0. The van der Waals surface area contributed by atoms with Crippen molar-refractivity contribution in [1.82, 2.24) is 5.32 Å². The van der Waals surface area contributed by atoms with Crippen LogP contribution in [0.4, 0.5) is 0 Å². The number of amides is 1. The van der Waals surface area contributed by atoms with Crippen molar-refractivity contribution in [1.29, 1.82) is 0 Å². The summed E-state index contributed by atoms with van der Waals surface area (Å²) in [5.74, 6) is 1.62. The number of fused-ring (bicyclic) bond motifs is 2. The fourth-order valence-electron chi connectivity index (χ4n) is 3.61. The van der Waals surface area contributed by atoms with E-state index < -0.39 is 0 Å². The monoisotopic (exact) mass is 235 g/mol. The topological polar surface area (TPSA) is 49.3 Å². The highest BCUT2D eigenvalue weighted by Gasteiger charge is 2.40. The molecule has 1 amide bonds. The zero-order valence-electron chi connectivity index (χ0n) is 10.1. The minimum Gasteiger partial charge on any atom is -0.393 e. The lowest BCUT2D eigenvalue weighted by molar-refractivity contribution is -0.126. The SMILES string of the molecule is O=C(NC1CCC(O)CC1)C1CC2C=CC1C2. The Morgan fingerprint density at radius 3 is 2.47 bits per heavy atom. The van der Waals surface area contributed by atoms with Crippen LogP contribution in [0.15, 0.2) is 12.2 Å². The molecule has 0 aromatic rings. The van der Waals surface area contributed by atoms with Crippen LogP contribution in [-0.2, 0) is 4.79 Å². The molecule has 17 heavy (non-hydrogen) atoms. The molecule has 0 spiro atoms. The Morgan fingerprint density at radius 1 is 1.12 bits per heavy atom. The molecule has 3 aliphatic carbocycles.